The van der Waals surface area contributed by atoms with Crippen molar-refractivity contribution in [1.29, 1.82) is 0 Å². The van der Waals surface area contributed by atoms with Crippen LogP contribution in [0.2, 0.25) is 5.02 Å². The van der Waals surface area contributed by atoms with E-state index >= 15 is 0 Å². The quantitative estimate of drug-likeness (QED) is 0.455. The number of amides is 3. The summed E-state index contributed by atoms with van der Waals surface area (Å²) in [6, 6.07) is 16.3. The number of nitrogens with one attached hydrogen (secondary N) is 1. The molecule has 5 rings (SSSR count). The fourth-order valence-electron chi connectivity index (χ4n) is 3.98. The van der Waals surface area contributed by atoms with Gasteiger partial charge in [-0.25, -0.2) is 9.88 Å². The van der Waals surface area contributed by atoms with Crippen LogP contribution in [0.4, 0.5) is 11.4 Å². The summed E-state index contributed by atoms with van der Waals surface area (Å²) >= 11 is 6.37. The van der Waals surface area contributed by atoms with E-state index in [0.717, 1.165) is 10.5 Å². The lowest BCUT2D eigenvalue weighted by Crippen LogP contribution is -2.30. The van der Waals surface area contributed by atoms with Crippen LogP contribution >= 0.6 is 11.6 Å². The van der Waals surface area contributed by atoms with Gasteiger partial charge in [-0.3, -0.25) is 23.7 Å². The number of halogens is 1. The Morgan fingerprint density at radius 1 is 0.971 bits per heavy atom. The largest absolute Gasteiger partial charge is 0.324 e. The lowest BCUT2D eigenvalue weighted by Gasteiger charge is -2.16. The number of para-hydroxylation sites is 1. The van der Waals surface area contributed by atoms with Crippen molar-refractivity contribution in [1.82, 2.24) is 9.55 Å². The van der Waals surface area contributed by atoms with Crippen LogP contribution in [-0.2, 0) is 11.3 Å². The van der Waals surface area contributed by atoms with E-state index < -0.39 is 17.7 Å². The molecule has 4 aromatic rings. The van der Waals surface area contributed by atoms with Gasteiger partial charge in [0.2, 0.25) is 5.91 Å². The molecular weight excluding hydrogens is 456 g/mol. The zero-order chi connectivity index (χ0) is 24.0. The average molecular weight is 473 g/mol. The standard InChI is InChI=1S/C25H17ClN4O4/c1-14-5-4-8-18-22(14)27-13-29(23(18)32)12-21(31)28-15-9-10-20(19(26)11-15)30-24(33)16-6-2-3-7-17(16)25(30)34/h2-11,13H,12H2,1H3,(H,28,31). The summed E-state index contributed by atoms with van der Waals surface area (Å²) in [5.74, 6) is -1.38. The van der Waals surface area contributed by atoms with Crippen LogP contribution in [0, 0.1) is 6.92 Å². The van der Waals surface area contributed by atoms with E-state index in [4.69, 9.17) is 11.6 Å². The molecule has 1 aromatic heterocycles. The first-order chi connectivity index (χ1) is 16.3. The minimum atomic E-state index is -0.460. The van der Waals surface area contributed by atoms with Gasteiger partial charge in [-0.15, -0.1) is 0 Å². The zero-order valence-electron chi connectivity index (χ0n) is 17.9. The fourth-order valence-corrected chi connectivity index (χ4v) is 4.24. The summed E-state index contributed by atoms with van der Waals surface area (Å²) < 4.78 is 1.23. The van der Waals surface area contributed by atoms with Gasteiger partial charge in [-0.1, -0.05) is 35.9 Å². The molecule has 0 bridgehead atoms. The molecule has 0 aliphatic carbocycles. The van der Waals surface area contributed by atoms with Crippen LogP contribution in [0.3, 0.4) is 0 Å². The molecule has 168 valence electrons. The molecule has 0 radical (unpaired) electrons. The second-order valence-corrected chi connectivity index (χ2v) is 8.26. The molecule has 1 N–H and O–H groups in total. The fraction of sp³-hybridized carbons (Fsp3) is 0.0800. The molecule has 3 aromatic carbocycles. The summed E-state index contributed by atoms with van der Waals surface area (Å²) in [7, 11) is 0. The maximum atomic E-state index is 12.7. The van der Waals surface area contributed by atoms with E-state index in [0.29, 0.717) is 27.7 Å². The Morgan fingerprint density at radius 3 is 2.35 bits per heavy atom. The highest BCUT2D eigenvalue weighted by Crippen LogP contribution is 2.34. The van der Waals surface area contributed by atoms with E-state index in [1.807, 2.05) is 13.0 Å². The summed E-state index contributed by atoms with van der Waals surface area (Å²) in [5, 5.41) is 3.23. The summed E-state index contributed by atoms with van der Waals surface area (Å²) in [6.45, 7) is 1.62. The van der Waals surface area contributed by atoms with Crippen LogP contribution in [0.25, 0.3) is 10.9 Å². The topological polar surface area (TPSA) is 101 Å². The van der Waals surface area contributed by atoms with Crippen molar-refractivity contribution in [2.24, 2.45) is 0 Å². The number of imide groups is 1. The molecule has 0 unspecified atom stereocenters. The third-order valence-corrected chi connectivity index (χ3v) is 5.94. The maximum absolute atomic E-state index is 12.7. The average Bonchev–Trinajstić information content (AvgIpc) is 3.07. The summed E-state index contributed by atoms with van der Waals surface area (Å²) in [6.07, 6.45) is 1.34. The minimum Gasteiger partial charge on any atom is -0.324 e. The van der Waals surface area contributed by atoms with Gasteiger partial charge in [0, 0.05) is 5.69 Å². The number of fused-ring (bicyclic) bond motifs is 2. The van der Waals surface area contributed by atoms with Gasteiger partial charge < -0.3 is 5.32 Å². The minimum absolute atomic E-state index is 0.118. The Labute approximate surface area is 198 Å². The van der Waals surface area contributed by atoms with Gasteiger partial charge >= 0.3 is 0 Å². The van der Waals surface area contributed by atoms with Crippen molar-refractivity contribution in [3.8, 4) is 0 Å². The van der Waals surface area contributed by atoms with Gasteiger partial charge in [0.15, 0.2) is 0 Å². The van der Waals surface area contributed by atoms with Crippen LogP contribution < -0.4 is 15.8 Å². The number of nitrogens with zero attached hydrogens (tertiary/aromatic N) is 3. The zero-order valence-corrected chi connectivity index (χ0v) is 18.7. The Kier molecular flexibility index (Phi) is 5.22. The number of carbonyl (C=O) groups is 3. The monoisotopic (exact) mass is 472 g/mol. The molecule has 8 nitrogen and oxygen atoms in total. The molecule has 2 heterocycles. The molecule has 3 amide bonds. The van der Waals surface area contributed by atoms with E-state index in [1.54, 1.807) is 36.4 Å². The molecule has 9 heteroatoms. The molecule has 0 saturated heterocycles. The number of carbonyl (C=O) groups excluding carboxylic acids is 3. The molecule has 0 fully saturated rings. The lowest BCUT2D eigenvalue weighted by molar-refractivity contribution is -0.116. The third-order valence-electron chi connectivity index (χ3n) is 5.64. The van der Waals surface area contributed by atoms with Crippen molar-refractivity contribution < 1.29 is 14.4 Å². The van der Waals surface area contributed by atoms with Crippen LogP contribution in [0.15, 0.2) is 71.8 Å². The van der Waals surface area contributed by atoms with Crippen molar-refractivity contribution in [2.75, 3.05) is 10.2 Å². The van der Waals surface area contributed by atoms with Gasteiger partial charge in [-0.05, 0) is 48.9 Å². The first-order valence-corrected chi connectivity index (χ1v) is 10.7. The molecule has 1 aliphatic heterocycles. The third kappa shape index (κ3) is 3.54. The second-order valence-electron chi connectivity index (χ2n) is 7.85. The number of hydrogen-bond acceptors (Lipinski definition) is 5. The predicted octanol–water partition coefficient (Wildman–Crippen LogP) is 3.80. The van der Waals surface area contributed by atoms with Crippen molar-refractivity contribution in [2.45, 2.75) is 13.5 Å². The number of rotatable bonds is 4. The van der Waals surface area contributed by atoms with E-state index in [1.165, 1.54) is 29.1 Å². The van der Waals surface area contributed by atoms with Crippen LogP contribution in [0.5, 0.6) is 0 Å². The van der Waals surface area contributed by atoms with Crippen LogP contribution in [-0.4, -0.2) is 27.3 Å². The lowest BCUT2D eigenvalue weighted by atomic mass is 10.1. The molecule has 0 saturated carbocycles. The number of aryl methyl sites for hydroxylation is 1. The highest BCUT2D eigenvalue weighted by atomic mass is 35.5. The van der Waals surface area contributed by atoms with Crippen molar-refractivity contribution in [3.05, 3.63) is 99.1 Å². The first-order valence-electron chi connectivity index (χ1n) is 10.4. The Bertz CT molecular complexity index is 1540. The van der Waals surface area contributed by atoms with Gasteiger partial charge in [0.1, 0.15) is 6.54 Å². The van der Waals surface area contributed by atoms with E-state index in [2.05, 4.69) is 10.3 Å². The molecule has 34 heavy (non-hydrogen) atoms. The number of hydrogen-bond donors (Lipinski definition) is 1. The summed E-state index contributed by atoms with van der Waals surface area (Å²) in [4.78, 5) is 56.0. The first kappa shape index (κ1) is 21.5. The maximum Gasteiger partial charge on any atom is 0.266 e. The highest BCUT2D eigenvalue weighted by Gasteiger charge is 2.37. The van der Waals surface area contributed by atoms with Gasteiger partial charge in [0.25, 0.3) is 17.4 Å². The number of anilines is 2. The number of benzene rings is 3. The Morgan fingerprint density at radius 2 is 1.68 bits per heavy atom. The molecular formula is C25H17ClN4O4. The number of aromatic nitrogens is 2. The Hall–Kier alpha value is -4.30. The predicted molar refractivity (Wildman–Crippen MR) is 128 cm³/mol. The molecule has 1 aliphatic rings. The molecule has 0 atom stereocenters. The molecule has 0 spiro atoms. The highest BCUT2D eigenvalue weighted by molar-refractivity contribution is 6.40. The van der Waals surface area contributed by atoms with Crippen molar-refractivity contribution in [3.63, 3.8) is 0 Å². The van der Waals surface area contributed by atoms with Crippen LogP contribution in [0.1, 0.15) is 26.3 Å². The van der Waals surface area contributed by atoms with Crippen molar-refractivity contribution >= 4 is 51.6 Å². The second kappa shape index (κ2) is 8.24. The van der Waals surface area contributed by atoms with Gasteiger partial charge in [0.05, 0.1) is 39.1 Å². The van der Waals surface area contributed by atoms with E-state index in [9.17, 15) is 19.2 Å². The SMILES string of the molecule is Cc1cccc2c(=O)n(CC(=O)Nc3ccc(N4C(=O)c5ccccc5C4=O)c(Cl)c3)cnc12. The Balaban J connectivity index is 1.35. The van der Waals surface area contributed by atoms with E-state index in [-0.39, 0.29) is 22.8 Å². The normalized spacial score (nSPS) is 12.8. The summed E-state index contributed by atoms with van der Waals surface area (Å²) in [5.41, 5.74) is 2.35. The van der Waals surface area contributed by atoms with Gasteiger partial charge in [-0.2, -0.15) is 0 Å². The smallest absolute Gasteiger partial charge is 0.266 e.